The van der Waals surface area contributed by atoms with Gasteiger partial charge < -0.3 is 34.0 Å². The van der Waals surface area contributed by atoms with Crippen LogP contribution in [0.5, 0.6) is 17.2 Å². The van der Waals surface area contributed by atoms with Crippen LogP contribution in [0, 0.1) is 31.6 Å². The fraction of sp³-hybridized carbons (Fsp3) is 0.571. The highest BCUT2D eigenvalue weighted by atomic mass is 35.5. The number of hydrogen-bond acceptors (Lipinski definition) is 9. The number of unbranched alkanes of at least 4 members (excludes halogenated alkanes) is 2. The number of alkyl halides is 1. The van der Waals surface area contributed by atoms with Crippen LogP contribution in [0.15, 0.2) is 65.9 Å². The van der Waals surface area contributed by atoms with Crippen molar-refractivity contribution >= 4 is 23.4 Å². The maximum Gasteiger partial charge on any atom is 0.410 e. The molecule has 0 spiro atoms. The van der Waals surface area contributed by atoms with E-state index in [-0.39, 0.29) is 50.1 Å². The Morgan fingerprint density at radius 2 is 1.81 bits per heavy atom. The quantitative estimate of drug-likeness (QED) is 0.0635. The smallest absolute Gasteiger partial charge is 0.410 e. The number of aliphatic hydroxyl groups excluding tert-OH is 2. The third-order valence-corrected chi connectivity index (χ3v) is 11.1. The summed E-state index contributed by atoms with van der Waals surface area (Å²) in [6.45, 7) is 11.0. The minimum Gasteiger partial charge on any atom is -0.459 e. The van der Waals surface area contributed by atoms with Crippen molar-refractivity contribution in [3.8, 4) is 17.2 Å². The summed E-state index contributed by atoms with van der Waals surface area (Å²) in [6.07, 6.45) is 9.27. The lowest BCUT2D eigenvalue weighted by Crippen LogP contribution is -2.70. The molecule has 290 valence electrons. The van der Waals surface area contributed by atoms with Gasteiger partial charge in [-0.25, -0.2) is 4.79 Å². The fourth-order valence-electron chi connectivity index (χ4n) is 8.56. The summed E-state index contributed by atoms with van der Waals surface area (Å²) >= 11 is 5.97. The van der Waals surface area contributed by atoms with E-state index in [1.807, 2.05) is 31.2 Å². The zero-order chi connectivity index (χ0) is 38.0. The lowest BCUT2D eigenvalue weighted by molar-refractivity contribution is -0.255. The summed E-state index contributed by atoms with van der Waals surface area (Å²) in [5.41, 5.74) is 5.03. The summed E-state index contributed by atoms with van der Waals surface area (Å²) in [5, 5.41) is 24.2. The molecule has 0 unspecified atom stereocenters. The van der Waals surface area contributed by atoms with Gasteiger partial charge in [0.05, 0.1) is 24.1 Å². The molecule has 10 nitrogen and oxygen atoms in total. The number of allylic oxidation sites excluding steroid dienone is 1. The van der Waals surface area contributed by atoms with E-state index in [1.54, 1.807) is 11.0 Å². The van der Waals surface area contributed by atoms with E-state index < -0.39 is 23.8 Å². The molecule has 6 atom stereocenters. The highest BCUT2D eigenvalue weighted by Crippen LogP contribution is 2.62. The molecule has 5 rings (SSSR count). The van der Waals surface area contributed by atoms with Crippen molar-refractivity contribution in [2.75, 3.05) is 46.0 Å². The average Bonchev–Trinajstić information content (AvgIpc) is 3.15. The first kappa shape index (κ1) is 40.6. The summed E-state index contributed by atoms with van der Waals surface area (Å²) in [7, 11) is 1.54. The third kappa shape index (κ3) is 8.88. The van der Waals surface area contributed by atoms with Crippen LogP contribution < -0.4 is 9.47 Å². The maximum atomic E-state index is 13.9. The number of hydrogen-bond donors (Lipinski definition) is 2. The van der Waals surface area contributed by atoms with Crippen molar-refractivity contribution in [1.29, 1.82) is 0 Å². The van der Waals surface area contributed by atoms with E-state index in [4.69, 9.17) is 35.4 Å². The Hall–Kier alpha value is -3.57. The van der Waals surface area contributed by atoms with Crippen LogP contribution in [0.2, 0.25) is 0 Å². The van der Waals surface area contributed by atoms with Crippen LogP contribution in [0.25, 0.3) is 0 Å². The fourth-order valence-corrected chi connectivity index (χ4v) is 8.64. The number of aliphatic hydroxyl groups is 2. The molecule has 0 aromatic heterocycles. The molecule has 2 aliphatic carbocycles. The first-order valence-electron chi connectivity index (χ1n) is 19.1. The van der Waals surface area contributed by atoms with E-state index in [1.165, 1.54) is 12.7 Å². The van der Waals surface area contributed by atoms with Crippen molar-refractivity contribution in [2.24, 2.45) is 22.9 Å². The maximum absolute atomic E-state index is 13.9. The van der Waals surface area contributed by atoms with Crippen molar-refractivity contribution in [3.63, 3.8) is 0 Å². The number of halogens is 1. The van der Waals surface area contributed by atoms with Gasteiger partial charge in [0, 0.05) is 37.7 Å². The summed E-state index contributed by atoms with van der Waals surface area (Å²) < 4.78 is 26.3. The van der Waals surface area contributed by atoms with Crippen LogP contribution in [-0.2, 0) is 14.3 Å². The van der Waals surface area contributed by atoms with Gasteiger partial charge in [-0.1, -0.05) is 43.1 Å². The SMILES string of the molecule is C=CCO[C@@]12Oc3ccc(Oc4ccc(C)c(C)c4)cc3[C@H]3[C@H](CCCCO)[C@@H](CCCCO)C=C(C(=NOC)C[C@@H]1N(CCC)C(=O)OCCCl)[C@H]32. The molecule has 1 fully saturated rings. The molecule has 1 amide bonds. The largest absolute Gasteiger partial charge is 0.459 e. The van der Waals surface area contributed by atoms with Gasteiger partial charge in [0.25, 0.3) is 0 Å². The molecule has 2 N–H and O–H groups in total. The van der Waals surface area contributed by atoms with Gasteiger partial charge in [-0.05, 0) is 105 Å². The molecular formula is C42H57ClN2O8. The van der Waals surface area contributed by atoms with Crippen LogP contribution >= 0.6 is 11.6 Å². The van der Waals surface area contributed by atoms with E-state index in [0.29, 0.717) is 43.7 Å². The average molecular weight is 753 g/mol. The van der Waals surface area contributed by atoms with E-state index in [9.17, 15) is 15.0 Å². The van der Waals surface area contributed by atoms with Crippen LogP contribution in [-0.4, -0.2) is 84.7 Å². The van der Waals surface area contributed by atoms with Gasteiger partial charge in [-0.15, -0.1) is 18.2 Å². The number of carbonyl (C=O) groups excluding carboxylic acids is 1. The molecule has 3 aliphatic rings. The molecule has 1 heterocycles. The van der Waals surface area contributed by atoms with E-state index >= 15 is 0 Å². The molecule has 2 aromatic carbocycles. The summed E-state index contributed by atoms with van der Waals surface area (Å²) in [6, 6.07) is 11.4. The van der Waals surface area contributed by atoms with Crippen molar-refractivity contribution in [3.05, 3.63) is 77.4 Å². The standard InChI is InChI=1S/C42H57ClN2O8/c1-6-19-45(41(48)50-23-18-43)38-27-36(44-49-5)34-25-30(12-8-10-20-46)33(13-9-11-21-47)39-35-26-32(52-31-15-14-28(3)29(4)24-31)16-17-37(35)53-42(38,40(34)39)51-22-7-2/h7,14-17,24-26,30,33,38-40,46-47H,2,6,8-13,18-23,27H2,1,3-5H3/t30-,33+,38-,39+,40+,42+/m0/s1. The first-order chi connectivity index (χ1) is 25.8. The van der Waals surface area contributed by atoms with Gasteiger partial charge >= 0.3 is 6.09 Å². The second-order valence-corrected chi connectivity index (χ2v) is 14.7. The number of rotatable bonds is 19. The number of carbonyl (C=O) groups is 1. The number of nitrogens with zero attached hydrogens (tertiary/aromatic N) is 2. The number of oxime groups is 1. The molecular weight excluding hydrogens is 696 g/mol. The zero-order valence-corrected chi connectivity index (χ0v) is 32.5. The predicted molar refractivity (Wildman–Crippen MR) is 207 cm³/mol. The molecule has 0 saturated heterocycles. The molecule has 11 heteroatoms. The third-order valence-electron chi connectivity index (χ3n) is 10.9. The molecule has 1 aliphatic heterocycles. The van der Waals surface area contributed by atoms with Gasteiger partial charge in [0.2, 0.25) is 5.79 Å². The number of benzene rings is 2. The Balaban J connectivity index is 1.76. The van der Waals surface area contributed by atoms with Gasteiger partial charge in [-0.2, -0.15) is 0 Å². The molecule has 0 bridgehead atoms. The van der Waals surface area contributed by atoms with Gasteiger partial charge in [0.1, 0.15) is 37.0 Å². The first-order valence-corrected chi connectivity index (χ1v) is 19.7. The van der Waals surface area contributed by atoms with E-state index in [2.05, 4.69) is 43.8 Å². The zero-order valence-electron chi connectivity index (χ0n) is 31.7. The lowest BCUT2D eigenvalue weighted by atomic mass is 9.55. The molecule has 0 radical (unpaired) electrons. The highest BCUT2D eigenvalue weighted by Gasteiger charge is 2.65. The van der Waals surface area contributed by atoms with Gasteiger partial charge in [0.15, 0.2) is 0 Å². The molecule has 1 saturated carbocycles. The van der Waals surface area contributed by atoms with Gasteiger partial charge in [-0.3, -0.25) is 4.90 Å². The monoisotopic (exact) mass is 752 g/mol. The van der Waals surface area contributed by atoms with Crippen molar-refractivity contribution in [1.82, 2.24) is 4.90 Å². The Bertz CT molecular complexity index is 1610. The Morgan fingerprint density at radius 1 is 1.08 bits per heavy atom. The highest BCUT2D eigenvalue weighted by molar-refractivity contribution is 6.18. The second-order valence-electron chi connectivity index (χ2n) is 14.3. The van der Waals surface area contributed by atoms with E-state index in [0.717, 1.165) is 53.8 Å². The Labute approximate surface area is 319 Å². The number of aryl methyl sites for hydroxylation is 2. The lowest BCUT2D eigenvalue weighted by Gasteiger charge is -2.59. The number of amides is 1. The Morgan fingerprint density at radius 3 is 2.49 bits per heavy atom. The summed E-state index contributed by atoms with van der Waals surface area (Å²) in [4.78, 5) is 21.1. The topological polar surface area (TPSA) is 119 Å². The van der Waals surface area contributed by atoms with Crippen LogP contribution in [0.1, 0.15) is 80.9 Å². The summed E-state index contributed by atoms with van der Waals surface area (Å²) in [5.74, 6) is 0.587. The normalized spacial score (nSPS) is 25.1. The number of ether oxygens (including phenoxy) is 4. The second kappa shape index (κ2) is 19.1. The van der Waals surface area contributed by atoms with Crippen molar-refractivity contribution in [2.45, 2.75) is 89.9 Å². The molecule has 53 heavy (non-hydrogen) atoms. The molecule has 2 aromatic rings. The van der Waals surface area contributed by atoms with Crippen LogP contribution in [0.4, 0.5) is 4.79 Å². The Kier molecular flexibility index (Phi) is 14.7. The minimum absolute atomic E-state index is 0.0689. The number of fused-ring (bicyclic) bond motifs is 2. The van der Waals surface area contributed by atoms with Crippen LogP contribution in [0.3, 0.4) is 0 Å². The van der Waals surface area contributed by atoms with Crippen molar-refractivity contribution < 1.29 is 38.8 Å². The minimum atomic E-state index is -1.35. The predicted octanol–water partition coefficient (Wildman–Crippen LogP) is 8.45.